The van der Waals surface area contributed by atoms with Crippen molar-refractivity contribution < 1.29 is 9.53 Å². The smallest absolute Gasteiger partial charge is 0.351 e. The third kappa shape index (κ3) is 4.34. The van der Waals surface area contributed by atoms with Gasteiger partial charge in [0.25, 0.3) is 0 Å². The molecule has 0 atom stereocenters. The number of carbonyl (C=O) groups excluding carboxylic acids is 1. The topological polar surface area (TPSA) is 62.1 Å². The molecule has 0 spiro atoms. The lowest BCUT2D eigenvalue weighted by molar-refractivity contribution is -0.138. The number of hydrogen-bond donors (Lipinski definition) is 1. The Hall–Kier alpha value is -1.35. The van der Waals surface area contributed by atoms with Crippen molar-refractivity contribution in [2.45, 2.75) is 6.92 Å². The Labute approximate surface area is 131 Å². The molecule has 0 bridgehead atoms. The molecule has 4 nitrogen and oxygen atoms in total. The average molecular weight is 331 g/mol. The highest BCUT2D eigenvalue weighted by molar-refractivity contribution is 8.02. The molecule has 1 rings (SSSR count). The van der Waals surface area contributed by atoms with Crippen molar-refractivity contribution in [3.8, 4) is 6.07 Å². The standard InChI is InChI=1S/C13H12Cl2N2O2S/c1-3-19-13(18)9(7-16)12(20-2)17-8-4-5-10(14)11(15)6-8/h4-6,17H,3H2,1-2H3. The number of benzene rings is 1. The molecule has 7 heteroatoms. The Morgan fingerprint density at radius 2 is 2.15 bits per heavy atom. The second-order valence-electron chi connectivity index (χ2n) is 3.49. The van der Waals surface area contributed by atoms with Crippen LogP contribution in [0.1, 0.15) is 6.92 Å². The highest BCUT2D eigenvalue weighted by atomic mass is 35.5. The fraction of sp³-hybridized carbons (Fsp3) is 0.231. The molecule has 0 fully saturated rings. The summed E-state index contributed by atoms with van der Waals surface area (Å²) in [5.74, 6) is -0.660. The fourth-order valence-corrected chi connectivity index (χ4v) is 2.16. The zero-order valence-corrected chi connectivity index (χ0v) is 13.2. The molecule has 1 aromatic carbocycles. The molecule has 0 unspecified atom stereocenters. The predicted molar refractivity (Wildman–Crippen MR) is 82.9 cm³/mol. The van der Waals surface area contributed by atoms with Gasteiger partial charge in [-0.15, -0.1) is 11.8 Å². The van der Waals surface area contributed by atoms with E-state index in [1.807, 2.05) is 6.07 Å². The highest BCUT2D eigenvalue weighted by Crippen LogP contribution is 2.28. The van der Waals surface area contributed by atoms with Crippen LogP contribution in [0.3, 0.4) is 0 Å². The van der Waals surface area contributed by atoms with Gasteiger partial charge < -0.3 is 10.1 Å². The number of rotatable bonds is 5. The van der Waals surface area contributed by atoms with E-state index in [9.17, 15) is 4.79 Å². The van der Waals surface area contributed by atoms with E-state index < -0.39 is 5.97 Å². The Kier molecular flexibility index (Phi) is 6.73. The second kappa shape index (κ2) is 8.05. The lowest BCUT2D eigenvalue weighted by atomic mass is 10.3. The molecule has 0 saturated carbocycles. The lowest BCUT2D eigenvalue weighted by Crippen LogP contribution is -2.11. The van der Waals surface area contributed by atoms with Gasteiger partial charge >= 0.3 is 5.97 Å². The van der Waals surface area contributed by atoms with Crippen molar-refractivity contribution in [1.29, 1.82) is 5.26 Å². The largest absolute Gasteiger partial charge is 0.462 e. The number of carbonyl (C=O) groups is 1. The number of nitrogens with one attached hydrogen (secondary N) is 1. The second-order valence-corrected chi connectivity index (χ2v) is 5.13. The van der Waals surface area contributed by atoms with Crippen LogP contribution in [0.2, 0.25) is 10.0 Å². The predicted octanol–water partition coefficient (Wildman–Crippen LogP) is 4.07. The number of nitrogens with zero attached hydrogens (tertiary/aromatic N) is 1. The molecule has 0 aliphatic rings. The summed E-state index contributed by atoms with van der Waals surface area (Å²) in [6, 6.07) is 6.78. The molecule has 0 radical (unpaired) electrons. The first-order valence-corrected chi connectivity index (χ1v) is 7.59. The molecule has 1 N–H and O–H groups in total. The summed E-state index contributed by atoms with van der Waals surface area (Å²) in [7, 11) is 0. The molecule has 0 aliphatic carbocycles. The number of thioether (sulfide) groups is 1. The molecule has 20 heavy (non-hydrogen) atoms. The molecule has 0 amide bonds. The maximum Gasteiger partial charge on any atom is 0.351 e. The van der Waals surface area contributed by atoms with Gasteiger partial charge in [-0.25, -0.2) is 4.79 Å². The first-order valence-electron chi connectivity index (χ1n) is 5.61. The van der Waals surface area contributed by atoms with Crippen molar-refractivity contribution in [2.75, 3.05) is 18.2 Å². The highest BCUT2D eigenvalue weighted by Gasteiger charge is 2.16. The van der Waals surface area contributed by atoms with Crippen LogP contribution in [0.5, 0.6) is 0 Å². The summed E-state index contributed by atoms with van der Waals surface area (Å²) in [5.41, 5.74) is 0.547. The number of nitriles is 1. The summed E-state index contributed by atoms with van der Waals surface area (Å²) in [6.45, 7) is 1.89. The minimum absolute atomic E-state index is 0.0783. The molecule has 1 aromatic rings. The Morgan fingerprint density at radius 1 is 1.45 bits per heavy atom. The van der Waals surface area contributed by atoms with Gasteiger partial charge in [-0.1, -0.05) is 23.2 Å². The van der Waals surface area contributed by atoms with Crippen molar-refractivity contribution in [3.05, 3.63) is 38.8 Å². The third-order valence-corrected chi connectivity index (χ3v) is 3.65. The van der Waals surface area contributed by atoms with Gasteiger partial charge in [0.2, 0.25) is 0 Å². The van der Waals surface area contributed by atoms with Crippen molar-refractivity contribution in [2.24, 2.45) is 0 Å². The number of anilines is 1. The van der Waals surface area contributed by atoms with Gasteiger partial charge in [-0.2, -0.15) is 5.26 Å². The van der Waals surface area contributed by atoms with E-state index in [0.29, 0.717) is 20.8 Å². The van der Waals surface area contributed by atoms with Gasteiger partial charge in [-0.05, 0) is 31.4 Å². The zero-order valence-electron chi connectivity index (χ0n) is 10.9. The van der Waals surface area contributed by atoms with Crippen LogP contribution in [0.15, 0.2) is 28.8 Å². The van der Waals surface area contributed by atoms with Crippen molar-refractivity contribution >= 4 is 46.6 Å². The maximum atomic E-state index is 11.7. The van der Waals surface area contributed by atoms with E-state index >= 15 is 0 Å². The lowest BCUT2D eigenvalue weighted by Gasteiger charge is -2.11. The minimum atomic E-state index is -0.660. The number of hydrogen-bond acceptors (Lipinski definition) is 5. The Morgan fingerprint density at radius 3 is 2.65 bits per heavy atom. The molecule has 106 valence electrons. The van der Waals surface area contributed by atoms with Gasteiger partial charge in [-0.3, -0.25) is 0 Å². The molecule has 0 aromatic heterocycles. The SMILES string of the molecule is CCOC(=O)C(C#N)=C(Nc1ccc(Cl)c(Cl)c1)SC. The van der Waals surface area contributed by atoms with Crippen LogP contribution < -0.4 is 5.32 Å². The van der Waals surface area contributed by atoms with E-state index in [1.54, 1.807) is 31.4 Å². The summed E-state index contributed by atoms with van der Waals surface area (Å²) in [5, 5.41) is 13.3. The number of halogens is 2. The van der Waals surface area contributed by atoms with Crippen molar-refractivity contribution in [3.63, 3.8) is 0 Å². The van der Waals surface area contributed by atoms with Crippen molar-refractivity contribution in [1.82, 2.24) is 0 Å². The summed E-state index contributed by atoms with van der Waals surface area (Å²) in [6.07, 6.45) is 1.75. The van der Waals surface area contributed by atoms with E-state index in [2.05, 4.69) is 5.32 Å². The first-order chi connectivity index (χ1) is 9.53. The van der Waals surface area contributed by atoms with Gasteiger partial charge in [0.1, 0.15) is 6.07 Å². The van der Waals surface area contributed by atoms with E-state index in [0.717, 1.165) is 0 Å². The molecular weight excluding hydrogens is 319 g/mol. The van der Waals surface area contributed by atoms with Crippen LogP contribution in [0, 0.1) is 11.3 Å². The van der Waals surface area contributed by atoms with Gasteiger partial charge in [0.15, 0.2) is 5.57 Å². The van der Waals surface area contributed by atoms with E-state index in [4.69, 9.17) is 33.2 Å². The van der Waals surface area contributed by atoms with Crippen LogP contribution in [0.4, 0.5) is 5.69 Å². The molecule has 0 aliphatic heterocycles. The summed E-state index contributed by atoms with van der Waals surface area (Å²) in [4.78, 5) is 11.7. The number of esters is 1. The summed E-state index contributed by atoms with van der Waals surface area (Å²) >= 11 is 13.0. The zero-order chi connectivity index (χ0) is 15.1. The minimum Gasteiger partial charge on any atom is -0.462 e. The van der Waals surface area contributed by atoms with Gasteiger partial charge in [0.05, 0.1) is 21.7 Å². The fourth-order valence-electron chi connectivity index (χ4n) is 1.31. The Bertz CT molecular complexity index is 582. The van der Waals surface area contributed by atoms with E-state index in [1.165, 1.54) is 11.8 Å². The van der Waals surface area contributed by atoms with Crippen LogP contribution in [-0.2, 0) is 9.53 Å². The normalized spacial score (nSPS) is 11.3. The van der Waals surface area contributed by atoms with Crippen LogP contribution in [0.25, 0.3) is 0 Å². The first kappa shape index (κ1) is 16.7. The monoisotopic (exact) mass is 330 g/mol. The summed E-state index contributed by atoms with van der Waals surface area (Å²) < 4.78 is 4.84. The van der Waals surface area contributed by atoms with E-state index in [-0.39, 0.29) is 12.2 Å². The molecule has 0 heterocycles. The third-order valence-electron chi connectivity index (χ3n) is 2.20. The van der Waals surface area contributed by atoms with Crippen LogP contribution in [-0.4, -0.2) is 18.8 Å². The Balaban J connectivity index is 3.08. The number of ether oxygens (including phenoxy) is 1. The average Bonchev–Trinajstić information content (AvgIpc) is 2.42. The molecular formula is C13H12Cl2N2O2S. The quantitative estimate of drug-likeness (QED) is 0.501. The molecule has 0 saturated heterocycles. The van der Waals surface area contributed by atoms with Crippen LogP contribution >= 0.6 is 35.0 Å². The van der Waals surface area contributed by atoms with Gasteiger partial charge in [0, 0.05) is 5.69 Å². The maximum absolute atomic E-state index is 11.7.